The zero-order valence-corrected chi connectivity index (χ0v) is 12.5. The number of hydrogen-bond donors (Lipinski definition) is 4. The predicted molar refractivity (Wildman–Crippen MR) is 79.9 cm³/mol. The van der Waals surface area contributed by atoms with Crippen molar-refractivity contribution in [3.63, 3.8) is 0 Å². The maximum Gasteiger partial charge on any atom is 0.334 e. The summed E-state index contributed by atoms with van der Waals surface area (Å²) in [4.78, 5) is 22.7. The molecule has 0 radical (unpaired) electrons. The second kappa shape index (κ2) is 8.08. The van der Waals surface area contributed by atoms with Crippen LogP contribution in [0.3, 0.4) is 0 Å². The van der Waals surface area contributed by atoms with Crippen molar-refractivity contribution < 1.29 is 14.3 Å². The third-order valence-corrected chi connectivity index (χ3v) is 2.51. The molecule has 0 aliphatic heterocycles. The minimum atomic E-state index is -0.472. The van der Waals surface area contributed by atoms with Crippen molar-refractivity contribution in [1.82, 2.24) is 10.3 Å². The van der Waals surface area contributed by atoms with E-state index in [0.29, 0.717) is 16.8 Å². The van der Waals surface area contributed by atoms with Gasteiger partial charge < -0.3 is 15.8 Å². The summed E-state index contributed by atoms with van der Waals surface area (Å²) in [6.07, 6.45) is 4.71. The van der Waals surface area contributed by atoms with Crippen LogP contribution in [0.15, 0.2) is 35.2 Å². The van der Waals surface area contributed by atoms with Gasteiger partial charge in [0.25, 0.3) is 0 Å². The smallest absolute Gasteiger partial charge is 0.334 e. The van der Waals surface area contributed by atoms with E-state index in [-0.39, 0.29) is 30.7 Å². The van der Waals surface area contributed by atoms with Gasteiger partial charge in [-0.05, 0) is 17.7 Å². The second-order valence-electron chi connectivity index (χ2n) is 4.07. The number of hydrogen-bond acceptors (Lipinski definition) is 5. The van der Waals surface area contributed by atoms with E-state index in [2.05, 4.69) is 10.1 Å². The number of carbonyl (C=O) groups excluding carboxylic acids is 2. The molecule has 0 atom stereocenters. The molecule has 116 valence electrons. The molecule has 0 bridgehead atoms. The van der Waals surface area contributed by atoms with E-state index >= 15 is 0 Å². The number of guanidine groups is 1. The van der Waals surface area contributed by atoms with Gasteiger partial charge in [-0.1, -0.05) is 0 Å². The Morgan fingerprint density at radius 1 is 1.48 bits per heavy atom. The first-order valence-electron chi connectivity index (χ1n) is 5.71. The summed E-state index contributed by atoms with van der Waals surface area (Å²) < 4.78 is 4.64. The van der Waals surface area contributed by atoms with Crippen molar-refractivity contribution in [2.75, 3.05) is 7.11 Å². The van der Waals surface area contributed by atoms with Crippen LogP contribution in [-0.2, 0) is 14.3 Å². The zero-order valence-electron chi connectivity index (χ0n) is 11.7. The minimum absolute atomic E-state index is 0. The highest BCUT2D eigenvalue weighted by Crippen LogP contribution is 2.24. The molecule has 9 heteroatoms. The fourth-order valence-corrected chi connectivity index (χ4v) is 1.59. The van der Waals surface area contributed by atoms with Gasteiger partial charge in [0, 0.05) is 30.8 Å². The van der Waals surface area contributed by atoms with Crippen molar-refractivity contribution in [2.24, 2.45) is 11.6 Å². The van der Waals surface area contributed by atoms with Crippen molar-refractivity contribution >= 4 is 30.2 Å². The van der Waals surface area contributed by atoms with Gasteiger partial charge >= 0.3 is 5.97 Å². The first kappa shape index (κ1) is 18.7. The van der Waals surface area contributed by atoms with E-state index in [0.717, 1.165) is 5.01 Å². The molecule has 0 heterocycles. The number of esters is 1. The summed E-state index contributed by atoms with van der Waals surface area (Å²) in [5.41, 5.74) is 6.68. The number of amides is 1. The Kier molecular flexibility index (Phi) is 7.18. The number of rotatable bonds is 3. The summed E-state index contributed by atoms with van der Waals surface area (Å²) >= 11 is 0. The van der Waals surface area contributed by atoms with E-state index < -0.39 is 5.97 Å². The molecular formula is C12H18ClN5O3. The Hall–Kier alpha value is -2.32. The fourth-order valence-electron chi connectivity index (χ4n) is 1.59. The average molecular weight is 316 g/mol. The highest BCUT2D eigenvalue weighted by molar-refractivity contribution is 5.90. The number of allylic oxidation sites excluding steroid dienone is 3. The third-order valence-electron chi connectivity index (χ3n) is 2.51. The van der Waals surface area contributed by atoms with Gasteiger partial charge in [-0.15, -0.1) is 12.4 Å². The van der Waals surface area contributed by atoms with Crippen LogP contribution in [0.5, 0.6) is 0 Å². The van der Waals surface area contributed by atoms with Crippen LogP contribution >= 0.6 is 12.4 Å². The van der Waals surface area contributed by atoms with E-state index in [1.165, 1.54) is 20.2 Å². The maximum absolute atomic E-state index is 11.5. The number of ether oxygens (including phenoxy) is 1. The Morgan fingerprint density at radius 2 is 2.10 bits per heavy atom. The fraction of sp³-hybridized carbons (Fsp3) is 0.250. The Morgan fingerprint density at radius 3 is 2.57 bits per heavy atom. The minimum Gasteiger partial charge on any atom is -0.466 e. The number of halogens is 1. The van der Waals surface area contributed by atoms with Crippen molar-refractivity contribution in [3.8, 4) is 0 Å². The molecule has 0 unspecified atom stereocenters. The molecule has 0 aromatic rings. The molecule has 0 aromatic carbocycles. The lowest BCUT2D eigenvalue weighted by Crippen LogP contribution is -2.38. The molecule has 1 aliphatic rings. The van der Waals surface area contributed by atoms with Gasteiger partial charge in [0.15, 0.2) is 0 Å². The molecular weight excluding hydrogens is 298 g/mol. The monoisotopic (exact) mass is 315 g/mol. The molecule has 8 nitrogen and oxygen atoms in total. The van der Waals surface area contributed by atoms with Gasteiger partial charge in [-0.2, -0.15) is 0 Å². The van der Waals surface area contributed by atoms with Crippen LogP contribution < -0.4 is 16.9 Å². The highest BCUT2D eigenvalue weighted by atomic mass is 35.5. The van der Waals surface area contributed by atoms with E-state index in [1.807, 2.05) is 0 Å². The van der Waals surface area contributed by atoms with E-state index in [1.54, 1.807) is 12.2 Å². The van der Waals surface area contributed by atoms with Crippen LogP contribution in [0.2, 0.25) is 0 Å². The Bertz CT molecular complexity index is 539. The SMILES string of the molecule is COC(=O)C1=CC=C(NC(C)=O)/C(=C/N(N)C(=N)N)C1.Cl. The molecule has 0 saturated carbocycles. The van der Waals surface area contributed by atoms with Crippen LogP contribution in [0.25, 0.3) is 0 Å². The van der Waals surface area contributed by atoms with E-state index in [4.69, 9.17) is 17.0 Å². The number of nitrogens with zero attached hydrogens (tertiary/aromatic N) is 1. The van der Waals surface area contributed by atoms with Crippen molar-refractivity contribution in [1.29, 1.82) is 5.41 Å². The number of hydrazine groups is 1. The van der Waals surface area contributed by atoms with Gasteiger partial charge in [-0.25, -0.2) is 10.6 Å². The maximum atomic E-state index is 11.5. The molecule has 0 aromatic heterocycles. The Labute approximate surface area is 128 Å². The lowest BCUT2D eigenvalue weighted by Gasteiger charge is -2.20. The summed E-state index contributed by atoms with van der Waals surface area (Å²) in [5.74, 6) is 4.43. The standard InChI is InChI=1S/C12H17N5O3.ClH/c1-7(18)16-10-4-3-8(11(19)20-2)5-9(10)6-17(15)12(13)14;/h3-4,6H,5,15H2,1-2H3,(H3,13,14)(H,16,18);1H/b9-6+;. The largest absolute Gasteiger partial charge is 0.466 e. The molecule has 0 saturated heterocycles. The topological polar surface area (TPSA) is 135 Å². The predicted octanol–water partition coefficient (Wildman–Crippen LogP) is -0.116. The van der Waals surface area contributed by atoms with Crippen LogP contribution in [-0.4, -0.2) is 30.0 Å². The molecule has 0 spiro atoms. The number of nitrogens with one attached hydrogen (secondary N) is 2. The van der Waals surface area contributed by atoms with Gasteiger partial charge in [0.2, 0.25) is 11.9 Å². The normalized spacial score (nSPS) is 15.3. The molecule has 1 aliphatic carbocycles. The lowest BCUT2D eigenvalue weighted by molar-refractivity contribution is -0.136. The molecule has 21 heavy (non-hydrogen) atoms. The van der Waals surface area contributed by atoms with Gasteiger partial charge in [0.05, 0.1) is 7.11 Å². The van der Waals surface area contributed by atoms with Crippen LogP contribution in [0, 0.1) is 5.41 Å². The summed E-state index contributed by atoms with van der Waals surface area (Å²) in [7, 11) is 1.28. The molecule has 0 fully saturated rings. The van der Waals surface area contributed by atoms with Crippen LogP contribution in [0.1, 0.15) is 13.3 Å². The third kappa shape index (κ3) is 5.28. The zero-order chi connectivity index (χ0) is 15.3. The number of methoxy groups -OCH3 is 1. The Balaban J connectivity index is 0.00000400. The first-order chi connectivity index (χ1) is 9.35. The van der Waals surface area contributed by atoms with Crippen LogP contribution in [0.4, 0.5) is 0 Å². The molecule has 1 amide bonds. The highest BCUT2D eigenvalue weighted by Gasteiger charge is 2.19. The first-order valence-corrected chi connectivity index (χ1v) is 5.71. The molecule has 6 N–H and O–H groups in total. The van der Waals surface area contributed by atoms with Crippen molar-refractivity contribution in [3.05, 3.63) is 35.2 Å². The average Bonchev–Trinajstić information content (AvgIpc) is 2.39. The van der Waals surface area contributed by atoms with Gasteiger partial charge in [-0.3, -0.25) is 15.2 Å². The number of nitrogens with two attached hydrogens (primary N) is 2. The summed E-state index contributed by atoms with van der Waals surface area (Å²) in [6.45, 7) is 1.36. The lowest BCUT2D eigenvalue weighted by atomic mass is 9.97. The van der Waals surface area contributed by atoms with E-state index in [9.17, 15) is 9.59 Å². The quantitative estimate of drug-likeness (QED) is 0.189. The summed E-state index contributed by atoms with van der Waals surface area (Å²) in [5, 5.41) is 10.7. The second-order valence-corrected chi connectivity index (χ2v) is 4.07. The van der Waals surface area contributed by atoms with Crippen molar-refractivity contribution in [2.45, 2.75) is 13.3 Å². The summed E-state index contributed by atoms with van der Waals surface area (Å²) in [6, 6.07) is 0. The number of carbonyl (C=O) groups is 2. The van der Waals surface area contributed by atoms with Gasteiger partial charge in [0.1, 0.15) is 0 Å². The molecule has 1 rings (SSSR count).